The standard InChI is InChI=1S/C12H16N2O3S/c1-7-13-6-10(18-7)11(15)14-5-8-3-2-4-9(8)12(16)17/h6,8-9H,2-5H2,1H3,(H,14,15)(H,16,17). The number of carboxylic acids is 1. The topological polar surface area (TPSA) is 79.3 Å². The van der Waals surface area contributed by atoms with Crippen LogP contribution in [0.25, 0.3) is 0 Å². The minimum absolute atomic E-state index is 0.0560. The van der Waals surface area contributed by atoms with Crippen LogP contribution in [0.2, 0.25) is 0 Å². The maximum atomic E-state index is 11.8. The number of thiazole rings is 1. The summed E-state index contributed by atoms with van der Waals surface area (Å²) in [5.41, 5.74) is 0. The van der Waals surface area contributed by atoms with Gasteiger partial charge in [-0.05, 0) is 25.7 Å². The second-order valence-corrected chi connectivity index (χ2v) is 5.82. The zero-order valence-corrected chi connectivity index (χ0v) is 11.0. The van der Waals surface area contributed by atoms with Gasteiger partial charge in [-0.25, -0.2) is 4.98 Å². The van der Waals surface area contributed by atoms with Gasteiger partial charge in [-0.3, -0.25) is 9.59 Å². The van der Waals surface area contributed by atoms with Gasteiger partial charge in [0, 0.05) is 6.54 Å². The molecule has 0 bridgehead atoms. The number of carboxylic acid groups (broad SMARTS) is 1. The maximum absolute atomic E-state index is 11.8. The first kappa shape index (κ1) is 13.0. The quantitative estimate of drug-likeness (QED) is 0.870. The van der Waals surface area contributed by atoms with Crippen LogP contribution in [-0.2, 0) is 4.79 Å². The third-order valence-electron chi connectivity index (χ3n) is 3.35. The second kappa shape index (κ2) is 5.48. The number of aromatic nitrogens is 1. The van der Waals surface area contributed by atoms with Crippen molar-refractivity contribution in [1.29, 1.82) is 0 Å². The Bertz CT molecular complexity index is 458. The fourth-order valence-electron chi connectivity index (χ4n) is 2.38. The van der Waals surface area contributed by atoms with Gasteiger partial charge in [0.05, 0.1) is 17.1 Å². The largest absolute Gasteiger partial charge is 0.481 e. The van der Waals surface area contributed by atoms with E-state index >= 15 is 0 Å². The molecule has 1 amide bonds. The smallest absolute Gasteiger partial charge is 0.306 e. The summed E-state index contributed by atoms with van der Waals surface area (Å²) < 4.78 is 0. The van der Waals surface area contributed by atoms with Crippen LogP contribution in [0.1, 0.15) is 33.9 Å². The van der Waals surface area contributed by atoms with Crippen LogP contribution < -0.4 is 5.32 Å². The number of carbonyl (C=O) groups excluding carboxylic acids is 1. The third-order valence-corrected chi connectivity index (χ3v) is 4.26. The first-order chi connectivity index (χ1) is 8.58. The van der Waals surface area contributed by atoms with Crippen molar-refractivity contribution in [2.24, 2.45) is 11.8 Å². The number of aryl methyl sites for hydroxylation is 1. The Kier molecular flexibility index (Phi) is 3.96. The highest BCUT2D eigenvalue weighted by Crippen LogP contribution is 2.31. The second-order valence-electron chi connectivity index (χ2n) is 4.59. The Morgan fingerprint density at radius 2 is 2.33 bits per heavy atom. The van der Waals surface area contributed by atoms with Gasteiger partial charge in [0.25, 0.3) is 5.91 Å². The van der Waals surface area contributed by atoms with E-state index in [4.69, 9.17) is 5.11 Å². The number of rotatable bonds is 4. The van der Waals surface area contributed by atoms with Crippen LogP contribution in [0.5, 0.6) is 0 Å². The van der Waals surface area contributed by atoms with Crippen molar-refractivity contribution in [3.8, 4) is 0 Å². The molecule has 1 fully saturated rings. The fourth-order valence-corrected chi connectivity index (χ4v) is 3.08. The van der Waals surface area contributed by atoms with Gasteiger partial charge in [0.1, 0.15) is 4.88 Å². The molecular weight excluding hydrogens is 252 g/mol. The minimum Gasteiger partial charge on any atom is -0.481 e. The molecule has 18 heavy (non-hydrogen) atoms. The number of aliphatic carboxylic acids is 1. The van der Waals surface area contributed by atoms with Crippen molar-refractivity contribution in [3.05, 3.63) is 16.1 Å². The SMILES string of the molecule is Cc1ncc(C(=O)NCC2CCCC2C(=O)O)s1. The lowest BCUT2D eigenvalue weighted by Crippen LogP contribution is -2.32. The molecule has 0 aliphatic heterocycles. The van der Waals surface area contributed by atoms with Crippen LogP contribution in [0.15, 0.2) is 6.20 Å². The molecule has 1 saturated carbocycles. The van der Waals surface area contributed by atoms with Crippen molar-refractivity contribution in [2.45, 2.75) is 26.2 Å². The molecule has 0 saturated heterocycles. The van der Waals surface area contributed by atoms with Gasteiger partial charge in [-0.15, -0.1) is 11.3 Å². The Hall–Kier alpha value is -1.43. The summed E-state index contributed by atoms with van der Waals surface area (Å²) in [6, 6.07) is 0. The van der Waals surface area contributed by atoms with E-state index < -0.39 is 5.97 Å². The molecule has 1 aliphatic rings. The average molecular weight is 268 g/mol. The summed E-state index contributed by atoms with van der Waals surface area (Å²) in [5, 5.41) is 12.7. The molecule has 0 radical (unpaired) electrons. The predicted molar refractivity (Wildman–Crippen MR) is 67.7 cm³/mol. The lowest BCUT2D eigenvalue weighted by Gasteiger charge is -2.15. The molecule has 0 aromatic carbocycles. The minimum atomic E-state index is -0.750. The van der Waals surface area contributed by atoms with Crippen molar-refractivity contribution >= 4 is 23.2 Å². The van der Waals surface area contributed by atoms with E-state index in [-0.39, 0.29) is 17.7 Å². The van der Waals surface area contributed by atoms with E-state index in [1.807, 2.05) is 6.92 Å². The zero-order chi connectivity index (χ0) is 13.1. The number of nitrogens with zero attached hydrogens (tertiary/aromatic N) is 1. The lowest BCUT2D eigenvalue weighted by molar-refractivity contribution is -0.142. The molecule has 98 valence electrons. The van der Waals surface area contributed by atoms with E-state index in [2.05, 4.69) is 10.3 Å². The van der Waals surface area contributed by atoms with Crippen molar-refractivity contribution < 1.29 is 14.7 Å². The molecule has 1 heterocycles. The highest BCUT2D eigenvalue weighted by Gasteiger charge is 2.32. The molecule has 2 rings (SSSR count). The molecule has 5 nitrogen and oxygen atoms in total. The van der Waals surface area contributed by atoms with Gasteiger partial charge in [0.2, 0.25) is 0 Å². The summed E-state index contributed by atoms with van der Waals surface area (Å²) in [6.07, 6.45) is 4.07. The van der Waals surface area contributed by atoms with Crippen LogP contribution in [-0.4, -0.2) is 28.5 Å². The van der Waals surface area contributed by atoms with Crippen molar-refractivity contribution in [2.75, 3.05) is 6.54 Å². The molecule has 2 atom stereocenters. The summed E-state index contributed by atoms with van der Waals surface area (Å²) >= 11 is 1.35. The van der Waals surface area contributed by atoms with Crippen LogP contribution >= 0.6 is 11.3 Å². The van der Waals surface area contributed by atoms with Crippen LogP contribution in [0.4, 0.5) is 0 Å². The summed E-state index contributed by atoms with van der Waals surface area (Å²) in [4.78, 5) is 27.4. The first-order valence-electron chi connectivity index (χ1n) is 6.01. The van der Waals surface area contributed by atoms with Crippen LogP contribution in [0.3, 0.4) is 0 Å². The molecule has 0 spiro atoms. The Morgan fingerprint density at radius 3 is 2.94 bits per heavy atom. The molecule has 1 aliphatic carbocycles. The average Bonchev–Trinajstić information content (AvgIpc) is 2.94. The molecule has 1 aromatic heterocycles. The van der Waals surface area contributed by atoms with Gasteiger partial charge in [-0.2, -0.15) is 0 Å². The van der Waals surface area contributed by atoms with Gasteiger partial charge in [-0.1, -0.05) is 6.42 Å². The molecule has 6 heteroatoms. The molecule has 2 N–H and O–H groups in total. The van der Waals surface area contributed by atoms with Crippen molar-refractivity contribution in [1.82, 2.24) is 10.3 Å². The van der Waals surface area contributed by atoms with E-state index in [0.29, 0.717) is 11.4 Å². The Morgan fingerprint density at radius 1 is 1.56 bits per heavy atom. The van der Waals surface area contributed by atoms with Gasteiger partial charge >= 0.3 is 5.97 Å². The third kappa shape index (κ3) is 2.87. The monoisotopic (exact) mass is 268 g/mol. The molecule has 1 aromatic rings. The predicted octanol–water partition coefficient (Wildman–Crippen LogP) is 1.68. The highest BCUT2D eigenvalue weighted by atomic mass is 32.1. The summed E-state index contributed by atoms with van der Waals surface area (Å²) in [6.45, 7) is 2.28. The Labute approximate surface area is 109 Å². The maximum Gasteiger partial charge on any atom is 0.306 e. The van der Waals surface area contributed by atoms with Gasteiger partial charge < -0.3 is 10.4 Å². The summed E-state index contributed by atoms with van der Waals surface area (Å²) in [5.74, 6) is -1.16. The molecular formula is C12H16N2O3S. The summed E-state index contributed by atoms with van der Waals surface area (Å²) in [7, 11) is 0. The van der Waals surface area contributed by atoms with E-state index in [9.17, 15) is 9.59 Å². The van der Waals surface area contributed by atoms with Crippen molar-refractivity contribution in [3.63, 3.8) is 0 Å². The lowest BCUT2D eigenvalue weighted by atomic mass is 9.96. The van der Waals surface area contributed by atoms with E-state index in [1.54, 1.807) is 6.20 Å². The molecule has 2 unspecified atom stereocenters. The van der Waals surface area contributed by atoms with E-state index in [1.165, 1.54) is 11.3 Å². The number of carbonyl (C=O) groups is 2. The van der Waals surface area contributed by atoms with Crippen LogP contribution in [0, 0.1) is 18.8 Å². The number of hydrogen-bond donors (Lipinski definition) is 2. The van der Waals surface area contributed by atoms with Gasteiger partial charge in [0.15, 0.2) is 0 Å². The number of hydrogen-bond acceptors (Lipinski definition) is 4. The first-order valence-corrected chi connectivity index (χ1v) is 6.83. The zero-order valence-electron chi connectivity index (χ0n) is 10.2. The fraction of sp³-hybridized carbons (Fsp3) is 0.583. The van der Waals surface area contributed by atoms with E-state index in [0.717, 1.165) is 24.3 Å². The normalized spacial score (nSPS) is 22.9. The Balaban J connectivity index is 1.88. The number of nitrogens with one attached hydrogen (secondary N) is 1. The number of amides is 1. The highest BCUT2D eigenvalue weighted by molar-refractivity contribution is 7.13.